The number of amides is 2. The Labute approximate surface area is 186 Å². The summed E-state index contributed by atoms with van der Waals surface area (Å²) in [6.07, 6.45) is 0.425. The summed E-state index contributed by atoms with van der Waals surface area (Å²) in [5.74, 6) is -0.617. The zero-order valence-electron chi connectivity index (χ0n) is 17.9. The van der Waals surface area contributed by atoms with Gasteiger partial charge in [0.15, 0.2) is 0 Å². The predicted molar refractivity (Wildman–Crippen MR) is 122 cm³/mol. The highest BCUT2D eigenvalue weighted by atomic mass is 19.1. The maximum atomic E-state index is 13.4. The Morgan fingerprint density at radius 3 is 2.28 bits per heavy atom. The predicted octanol–water partition coefficient (Wildman–Crippen LogP) is 4.58. The van der Waals surface area contributed by atoms with Crippen molar-refractivity contribution in [1.82, 2.24) is 4.90 Å². The average molecular weight is 430 g/mol. The van der Waals surface area contributed by atoms with Gasteiger partial charge in [0.25, 0.3) is 11.8 Å². The number of hydrogen-bond donors (Lipinski definition) is 1. The Morgan fingerprint density at radius 2 is 1.59 bits per heavy atom. The number of carbonyl (C=O) groups excluding carboxylic acids is 2. The van der Waals surface area contributed by atoms with E-state index in [0.29, 0.717) is 23.4 Å². The van der Waals surface area contributed by atoms with Gasteiger partial charge >= 0.3 is 0 Å². The molecular weight excluding hydrogens is 407 g/mol. The van der Waals surface area contributed by atoms with E-state index in [1.54, 1.807) is 30.3 Å². The van der Waals surface area contributed by atoms with Crippen LogP contribution in [0.2, 0.25) is 0 Å². The van der Waals surface area contributed by atoms with Crippen LogP contribution in [0.15, 0.2) is 78.5 Å². The highest BCUT2D eigenvalue weighted by Gasteiger charge is 2.40. The van der Waals surface area contributed by atoms with E-state index in [9.17, 15) is 14.0 Å². The normalized spacial score (nSPS) is 13.7. The van der Waals surface area contributed by atoms with Crippen molar-refractivity contribution in [1.29, 1.82) is 0 Å². The summed E-state index contributed by atoms with van der Waals surface area (Å²) < 4.78 is 18.7. The number of para-hydroxylation sites is 1. The van der Waals surface area contributed by atoms with Gasteiger partial charge in [-0.1, -0.05) is 48.0 Å². The number of anilines is 1. The highest BCUT2D eigenvalue weighted by molar-refractivity contribution is 6.37. The van der Waals surface area contributed by atoms with E-state index in [2.05, 4.69) is 5.32 Å². The second-order valence-electron chi connectivity index (χ2n) is 7.58. The van der Waals surface area contributed by atoms with E-state index >= 15 is 0 Å². The fourth-order valence-electron chi connectivity index (χ4n) is 3.67. The molecule has 0 spiro atoms. The fourth-order valence-corrected chi connectivity index (χ4v) is 3.67. The van der Waals surface area contributed by atoms with Gasteiger partial charge in [0.2, 0.25) is 0 Å². The molecule has 0 atom stereocenters. The van der Waals surface area contributed by atoms with Crippen molar-refractivity contribution in [3.63, 3.8) is 0 Å². The first-order valence-electron chi connectivity index (χ1n) is 10.3. The number of nitrogens with one attached hydrogen (secondary N) is 1. The molecule has 0 bridgehead atoms. The lowest BCUT2D eigenvalue weighted by Crippen LogP contribution is -2.34. The van der Waals surface area contributed by atoms with E-state index in [1.807, 2.05) is 37.3 Å². The van der Waals surface area contributed by atoms with Gasteiger partial charge in [-0.2, -0.15) is 0 Å². The molecule has 1 aliphatic rings. The molecule has 1 aliphatic heterocycles. The molecule has 1 heterocycles. The van der Waals surface area contributed by atoms with Crippen LogP contribution >= 0.6 is 0 Å². The van der Waals surface area contributed by atoms with E-state index in [1.165, 1.54) is 24.1 Å². The molecule has 3 aromatic rings. The van der Waals surface area contributed by atoms with E-state index in [4.69, 9.17) is 4.74 Å². The van der Waals surface area contributed by atoms with Crippen molar-refractivity contribution in [2.75, 3.05) is 19.0 Å². The van der Waals surface area contributed by atoms with Crippen molar-refractivity contribution in [3.05, 3.63) is 101 Å². The lowest BCUT2D eigenvalue weighted by atomic mass is 10.0. The van der Waals surface area contributed by atoms with Crippen molar-refractivity contribution in [2.24, 2.45) is 0 Å². The number of carbonyl (C=O) groups is 2. The molecule has 0 saturated heterocycles. The molecule has 2 amide bonds. The Bertz CT molecular complexity index is 1180. The van der Waals surface area contributed by atoms with E-state index in [0.717, 1.165) is 11.1 Å². The minimum absolute atomic E-state index is 0.182. The molecule has 0 aromatic heterocycles. The van der Waals surface area contributed by atoms with Crippen molar-refractivity contribution < 1.29 is 18.7 Å². The third-order valence-electron chi connectivity index (χ3n) is 5.40. The second kappa shape index (κ2) is 9.06. The fraction of sp³-hybridized carbons (Fsp3) is 0.154. The molecule has 0 unspecified atom stereocenters. The summed E-state index contributed by atoms with van der Waals surface area (Å²) in [5, 5.41) is 3.15. The van der Waals surface area contributed by atoms with Gasteiger partial charge in [-0.05, 0) is 49.2 Å². The van der Waals surface area contributed by atoms with Crippen LogP contribution in [0.1, 0.15) is 16.7 Å². The third-order valence-corrected chi connectivity index (χ3v) is 5.40. The number of hydrogen-bond acceptors (Lipinski definition) is 4. The molecule has 3 aromatic carbocycles. The smallest absolute Gasteiger partial charge is 0.278 e. The van der Waals surface area contributed by atoms with Crippen LogP contribution in [-0.2, 0) is 16.0 Å². The second-order valence-corrected chi connectivity index (χ2v) is 7.58. The molecular formula is C26H23FN2O3. The van der Waals surface area contributed by atoms with E-state index in [-0.39, 0.29) is 23.6 Å². The summed E-state index contributed by atoms with van der Waals surface area (Å²) in [7, 11) is 1.53. The first-order chi connectivity index (χ1) is 15.5. The monoisotopic (exact) mass is 430 g/mol. The number of methoxy groups -OCH3 is 1. The van der Waals surface area contributed by atoms with Gasteiger partial charge in [0.05, 0.1) is 12.7 Å². The molecule has 0 radical (unpaired) electrons. The zero-order valence-corrected chi connectivity index (χ0v) is 17.9. The van der Waals surface area contributed by atoms with Gasteiger partial charge in [0.1, 0.15) is 17.3 Å². The van der Waals surface area contributed by atoms with Crippen LogP contribution in [0.3, 0.4) is 0 Å². The van der Waals surface area contributed by atoms with Gasteiger partial charge in [-0.3, -0.25) is 14.5 Å². The SMILES string of the molecule is COc1ccccc1C1=C(Nc2ccc(C)cc2)C(=O)N(CCc2ccc(F)cc2)C1=O. The number of nitrogens with zero attached hydrogens (tertiary/aromatic N) is 1. The lowest BCUT2D eigenvalue weighted by Gasteiger charge is -2.15. The summed E-state index contributed by atoms with van der Waals surface area (Å²) in [6, 6.07) is 20.8. The number of imide groups is 1. The average Bonchev–Trinajstić information content (AvgIpc) is 3.03. The lowest BCUT2D eigenvalue weighted by molar-refractivity contribution is -0.136. The first-order valence-corrected chi connectivity index (χ1v) is 10.3. The molecule has 32 heavy (non-hydrogen) atoms. The Balaban J connectivity index is 1.69. The standard InChI is InChI=1S/C26H23FN2O3/c1-17-7-13-20(14-8-17)28-24-23(21-5-3-4-6-22(21)32-2)25(30)29(26(24)31)16-15-18-9-11-19(27)12-10-18/h3-14,28H,15-16H2,1-2H3. The molecule has 5 nitrogen and oxygen atoms in total. The van der Waals surface area contributed by atoms with Crippen LogP contribution in [0.5, 0.6) is 5.75 Å². The van der Waals surface area contributed by atoms with Crippen molar-refractivity contribution in [3.8, 4) is 5.75 Å². The van der Waals surface area contributed by atoms with Crippen molar-refractivity contribution >= 4 is 23.1 Å². The number of aryl methyl sites for hydroxylation is 1. The van der Waals surface area contributed by atoms with Crippen LogP contribution in [0.4, 0.5) is 10.1 Å². The largest absolute Gasteiger partial charge is 0.496 e. The first kappa shape index (κ1) is 21.3. The van der Waals surface area contributed by atoms with Crippen LogP contribution in [0.25, 0.3) is 5.57 Å². The quantitative estimate of drug-likeness (QED) is 0.558. The molecule has 4 rings (SSSR count). The Kier molecular flexibility index (Phi) is 6.03. The molecule has 0 fully saturated rings. The zero-order chi connectivity index (χ0) is 22.7. The van der Waals surface area contributed by atoms with E-state index < -0.39 is 11.8 Å². The Hall–Kier alpha value is -3.93. The molecule has 0 aliphatic carbocycles. The third kappa shape index (κ3) is 4.25. The molecule has 1 N–H and O–H groups in total. The maximum Gasteiger partial charge on any atom is 0.278 e. The van der Waals surface area contributed by atoms with Crippen molar-refractivity contribution in [2.45, 2.75) is 13.3 Å². The number of ether oxygens (including phenoxy) is 1. The van der Waals surface area contributed by atoms with Gasteiger partial charge in [-0.25, -0.2) is 4.39 Å². The molecule has 162 valence electrons. The Morgan fingerprint density at radius 1 is 0.906 bits per heavy atom. The summed E-state index contributed by atoms with van der Waals surface area (Å²) in [4.78, 5) is 28.0. The maximum absolute atomic E-state index is 13.4. The number of benzene rings is 3. The van der Waals surface area contributed by atoms with Crippen LogP contribution in [0, 0.1) is 12.7 Å². The molecule has 6 heteroatoms. The van der Waals surface area contributed by atoms with Gasteiger partial charge in [0, 0.05) is 17.8 Å². The highest BCUT2D eigenvalue weighted by Crippen LogP contribution is 2.35. The van der Waals surface area contributed by atoms with Gasteiger partial charge in [-0.15, -0.1) is 0 Å². The summed E-state index contributed by atoms with van der Waals surface area (Å²) >= 11 is 0. The molecule has 0 saturated carbocycles. The van der Waals surface area contributed by atoms with Crippen LogP contribution < -0.4 is 10.1 Å². The van der Waals surface area contributed by atoms with Crippen LogP contribution in [-0.4, -0.2) is 30.4 Å². The summed E-state index contributed by atoms with van der Waals surface area (Å²) in [6.45, 7) is 2.16. The van der Waals surface area contributed by atoms with Gasteiger partial charge < -0.3 is 10.1 Å². The minimum Gasteiger partial charge on any atom is -0.496 e. The topological polar surface area (TPSA) is 58.6 Å². The number of rotatable bonds is 7. The minimum atomic E-state index is -0.404. The number of halogens is 1. The summed E-state index contributed by atoms with van der Waals surface area (Å²) in [5.41, 5.74) is 3.66.